The molecule has 3 rings (SSSR count). The summed E-state index contributed by atoms with van der Waals surface area (Å²) in [5, 5.41) is 5.50. The lowest BCUT2D eigenvalue weighted by atomic mass is 10.1. The molecule has 1 aliphatic rings. The Bertz CT molecular complexity index is 781. The van der Waals surface area contributed by atoms with Crippen molar-refractivity contribution in [2.24, 2.45) is 0 Å². The normalized spacial score (nSPS) is 12.7. The third-order valence-electron chi connectivity index (χ3n) is 3.46. The van der Waals surface area contributed by atoms with E-state index in [2.05, 4.69) is 10.6 Å². The second-order valence-electron chi connectivity index (χ2n) is 5.71. The second-order valence-corrected chi connectivity index (χ2v) is 5.71. The maximum absolute atomic E-state index is 12.0. The van der Waals surface area contributed by atoms with Gasteiger partial charge >= 0.3 is 0 Å². The van der Waals surface area contributed by atoms with Gasteiger partial charge in [-0.1, -0.05) is 6.07 Å². The number of rotatable bonds is 4. The number of amides is 2. The van der Waals surface area contributed by atoms with Crippen molar-refractivity contribution in [2.45, 2.75) is 13.8 Å². The molecule has 0 aromatic heterocycles. The molecule has 2 aromatic rings. The average molecular weight is 326 g/mol. The molecule has 124 valence electrons. The molecule has 0 radical (unpaired) electrons. The summed E-state index contributed by atoms with van der Waals surface area (Å²) in [7, 11) is 0. The molecule has 0 atom stereocenters. The minimum Gasteiger partial charge on any atom is -0.484 e. The van der Waals surface area contributed by atoms with E-state index >= 15 is 0 Å². The molecule has 0 saturated heterocycles. The summed E-state index contributed by atoms with van der Waals surface area (Å²) < 4.78 is 10.8. The van der Waals surface area contributed by atoms with Gasteiger partial charge in [0.2, 0.25) is 0 Å². The lowest BCUT2D eigenvalue weighted by molar-refractivity contribution is -0.119. The second kappa shape index (κ2) is 6.62. The number of fused-ring (bicyclic) bond motifs is 1. The molecule has 0 saturated carbocycles. The Morgan fingerprint density at radius 3 is 2.71 bits per heavy atom. The van der Waals surface area contributed by atoms with E-state index in [1.54, 1.807) is 18.2 Å². The largest absolute Gasteiger partial charge is 0.484 e. The first-order valence-electron chi connectivity index (χ1n) is 7.57. The van der Waals surface area contributed by atoms with Gasteiger partial charge in [-0.3, -0.25) is 9.59 Å². The molecule has 1 aliphatic heterocycles. The molecule has 6 nitrogen and oxygen atoms in total. The van der Waals surface area contributed by atoms with Gasteiger partial charge in [0.05, 0.1) is 5.69 Å². The number of carbonyl (C=O) groups excluding carboxylic acids is 2. The molecular formula is C18H18N2O4. The fourth-order valence-electron chi connectivity index (χ4n) is 2.54. The van der Waals surface area contributed by atoms with Gasteiger partial charge in [0, 0.05) is 11.8 Å². The third kappa shape index (κ3) is 3.84. The van der Waals surface area contributed by atoms with Gasteiger partial charge in [0.25, 0.3) is 11.8 Å². The van der Waals surface area contributed by atoms with Crippen LogP contribution in [0.25, 0.3) is 0 Å². The highest BCUT2D eigenvalue weighted by Gasteiger charge is 2.16. The number of benzene rings is 2. The van der Waals surface area contributed by atoms with Crippen LogP contribution in [0.3, 0.4) is 0 Å². The summed E-state index contributed by atoms with van der Waals surface area (Å²) in [6.45, 7) is 3.83. The van der Waals surface area contributed by atoms with Crippen LogP contribution in [-0.4, -0.2) is 25.0 Å². The zero-order valence-corrected chi connectivity index (χ0v) is 13.5. The van der Waals surface area contributed by atoms with Crippen molar-refractivity contribution in [1.29, 1.82) is 0 Å². The highest BCUT2D eigenvalue weighted by atomic mass is 16.5. The lowest BCUT2D eigenvalue weighted by Crippen LogP contribution is -2.25. The van der Waals surface area contributed by atoms with Crippen LogP contribution < -0.4 is 20.1 Å². The predicted octanol–water partition coefficient (Wildman–Crippen LogP) is 2.65. The number of nitrogens with one attached hydrogen (secondary N) is 2. The Hall–Kier alpha value is -3.02. The summed E-state index contributed by atoms with van der Waals surface area (Å²) >= 11 is 0. The van der Waals surface area contributed by atoms with E-state index < -0.39 is 0 Å². The van der Waals surface area contributed by atoms with Crippen molar-refractivity contribution >= 4 is 23.2 Å². The van der Waals surface area contributed by atoms with Crippen LogP contribution >= 0.6 is 0 Å². The van der Waals surface area contributed by atoms with Gasteiger partial charge in [-0.05, 0) is 49.2 Å². The van der Waals surface area contributed by atoms with Gasteiger partial charge in [-0.2, -0.15) is 0 Å². The van der Waals surface area contributed by atoms with Gasteiger partial charge in [-0.25, -0.2) is 0 Å². The number of carbonyl (C=O) groups is 2. The quantitative estimate of drug-likeness (QED) is 0.905. The standard InChI is InChI=1S/C18H18N2O4/c1-11-5-12(2)7-13(6-11)19-17(21)9-23-14-3-4-16-15(8-14)20-18(22)10-24-16/h3-8H,9-10H2,1-2H3,(H,19,21)(H,20,22). The van der Waals surface area contributed by atoms with E-state index in [9.17, 15) is 9.59 Å². The highest BCUT2D eigenvalue weighted by Crippen LogP contribution is 2.31. The average Bonchev–Trinajstić information content (AvgIpc) is 2.51. The van der Waals surface area contributed by atoms with E-state index in [1.807, 2.05) is 32.0 Å². The van der Waals surface area contributed by atoms with Crippen molar-refractivity contribution < 1.29 is 19.1 Å². The van der Waals surface area contributed by atoms with Crippen LogP contribution in [0.1, 0.15) is 11.1 Å². The molecule has 0 spiro atoms. The zero-order chi connectivity index (χ0) is 17.1. The first-order valence-corrected chi connectivity index (χ1v) is 7.57. The van der Waals surface area contributed by atoms with E-state index in [0.717, 1.165) is 16.8 Å². The predicted molar refractivity (Wildman–Crippen MR) is 90.6 cm³/mol. The zero-order valence-electron chi connectivity index (χ0n) is 13.5. The molecular weight excluding hydrogens is 308 g/mol. The summed E-state index contributed by atoms with van der Waals surface area (Å²) in [6.07, 6.45) is 0. The maximum Gasteiger partial charge on any atom is 0.262 e. The van der Waals surface area contributed by atoms with Crippen LogP contribution in [0.5, 0.6) is 11.5 Å². The number of hydrogen-bond acceptors (Lipinski definition) is 4. The Labute approximate surface area is 139 Å². The van der Waals surface area contributed by atoms with Crippen LogP contribution in [0.2, 0.25) is 0 Å². The van der Waals surface area contributed by atoms with Gasteiger partial charge in [0.15, 0.2) is 13.2 Å². The summed E-state index contributed by atoms with van der Waals surface area (Å²) in [5.74, 6) is 0.599. The number of ether oxygens (including phenoxy) is 2. The smallest absolute Gasteiger partial charge is 0.262 e. The van der Waals surface area contributed by atoms with E-state index in [0.29, 0.717) is 17.2 Å². The summed E-state index contributed by atoms with van der Waals surface area (Å²) in [5.41, 5.74) is 3.44. The Morgan fingerprint density at radius 1 is 1.21 bits per heavy atom. The monoisotopic (exact) mass is 326 g/mol. The molecule has 0 aliphatic carbocycles. The minimum atomic E-state index is -0.252. The Balaban J connectivity index is 1.60. The highest BCUT2D eigenvalue weighted by molar-refractivity contribution is 5.95. The molecule has 0 unspecified atom stereocenters. The fourth-order valence-corrected chi connectivity index (χ4v) is 2.54. The molecule has 2 aromatic carbocycles. The summed E-state index contributed by atoms with van der Waals surface area (Å²) in [4.78, 5) is 23.3. The molecule has 2 amide bonds. The SMILES string of the molecule is Cc1cc(C)cc(NC(=O)COc2ccc3c(c2)NC(=O)CO3)c1. The summed E-state index contributed by atoms with van der Waals surface area (Å²) in [6, 6.07) is 10.9. The number of anilines is 2. The van der Waals surface area contributed by atoms with Crippen LogP contribution in [0, 0.1) is 13.8 Å². The molecule has 6 heteroatoms. The molecule has 1 heterocycles. The van der Waals surface area contributed by atoms with Crippen molar-refractivity contribution in [3.63, 3.8) is 0 Å². The topological polar surface area (TPSA) is 76.7 Å². The Morgan fingerprint density at radius 2 is 1.96 bits per heavy atom. The fraction of sp³-hybridized carbons (Fsp3) is 0.222. The minimum absolute atomic E-state index is 0.00548. The van der Waals surface area contributed by atoms with E-state index in [4.69, 9.17) is 9.47 Å². The first-order chi connectivity index (χ1) is 11.5. The number of hydrogen-bond donors (Lipinski definition) is 2. The molecule has 0 bridgehead atoms. The molecule has 24 heavy (non-hydrogen) atoms. The van der Waals surface area contributed by atoms with Crippen molar-refractivity contribution in [3.8, 4) is 11.5 Å². The van der Waals surface area contributed by atoms with Crippen LogP contribution in [0.4, 0.5) is 11.4 Å². The molecule has 0 fully saturated rings. The van der Waals surface area contributed by atoms with E-state index in [-0.39, 0.29) is 25.0 Å². The lowest BCUT2D eigenvalue weighted by Gasteiger charge is -2.18. The van der Waals surface area contributed by atoms with Gasteiger partial charge in [-0.15, -0.1) is 0 Å². The van der Waals surface area contributed by atoms with E-state index in [1.165, 1.54) is 0 Å². The molecule has 2 N–H and O–H groups in total. The maximum atomic E-state index is 12.0. The Kier molecular flexibility index (Phi) is 4.37. The first kappa shape index (κ1) is 15.9. The van der Waals surface area contributed by atoms with Crippen LogP contribution in [-0.2, 0) is 9.59 Å². The van der Waals surface area contributed by atoms with Crippen LogP contribution in [0.15, 0.2) is 36.4 Å². The van der Waals surface area contributed by atoms with Crippen molar-refractivity contribution in [2.75, 3.05) is 23.8 Å². The van der Waals surface area contributed by atoms with Gasteiger partial charge in [0.1, 0.15) is 11.5 Å². The number of aryl methyl sites for hydroxylation is 2. The third-order valence-corrected chi connectivity index (χ3v) is 3.46. The van der Waals surface area contributed by atoms with Gasteiger partial charge < -0.3 is 20.1 Å². The van der Waals surface area contributed by atoms with Crippen molar-refractivity contribution in [3.05, 3.63) is 47.5 Å². The van der Waals surface area contributed by atoms with Crippen molar-refractivity contribution in [1.82, 2.24) is 0 Å².